The Kier molecular flexibility index (Phi) is 19.4. The summed E-state index contributed by atoms with van der Waals surface area (Å²) in [5, 5.41) is 49.1. The average Bonchev–Trinajstić information content (AvgIpc) is 4.48. The molecule has 8 aromatic heterocycles. The van der Waals surface area contributed by atoms with Crippen molar-refractivity contribution in [1.29, 1.82) is 5.26 Å². The van der Waals surface area contributed by atoms with Gasteiger partial charge in [-0.2, -0.15) is 15.2 Å². The maximum atomic E-state index is 13.7. The van der Waals surface area contributed by atoms with Gasteiger partial charge in [0.2, 0.25) is 11.6 Å². The number of carboxylic acid groups (broad SMARTS) is 1. The van der Waals surface area contributed by atoms with Gasteiger partial charge in [-0.05, 0) is 24.3 Å². The third-order valence-corrected chi connectivity index (χ3v) is 10.9. The van der Waals surface area contributed by atoms with Gasteiger partial charge in [0.05, 0.1) is 26.2 Å². The Morgan fingerprint density at radius 2 is 0.927 bits per heavy atom. The maximum absolute atomic E-state index is 13.7. The number of nitrogens with zero attached hydrogens (tertiary/aromatic N) is 17. The Hall–Kier alpha value is -11.4. The molecule has 0 spiro atoms. The Labute approximate surface area is 461 Å². The van der Waals surface area contributed by atoms with Crippen molar-refractivity contribution in [2.75, 3.05) is 0 Å². The summed E-state index contributed by atoms with van der Waals surface area (Å²) in [6, 6.07) is 33.7. The Morgan fingerprint density at radius 1 is 0.512 bits per heavy atom. The summed E-state index contributed by atoms with van der Waals surface area (Å²) in [5.74, 6) is -1.83. The molecule has 8 heterocycles. The third kappa shape index (κ3) is 14.4. The first-order valence-electron chi connectivity index (χ1n) is 23.4. The van der Waals surface area contributed by atoms with Crippen molar-refractivity contribution in [1.82, 2.24) is 79.7 Å². The zero-order valence-corrected chi connectivity index (χ0v) is 41.3. The van der Waals surface area contributed by atoms with E-state index in [2.05, 4.69) is 61.0 Å². The molecule has 0 aliphatic heterocycles. The van der Waals surface area contributed by atoms with Crippen molar-refractivity contribution in [2.45, 2.75) is 48.0 Å². The number of aromatic nitrogens is 16. The van der Waals surface area contributed by atoms with Gasteiger partial charge in [-0.3, -0.25) is 4.79 Å². The van der Waals surface area contributed by atoms with Gasteiger partial charge in [-0.1, -0.05) is 108 Å². The van der Waals surface area contributed by atoms with Gasteiger partial charge in [-0.25, -0.2) is 51.1 Å². The molecule has 0 fully saturated rings. The van der Waals surface area contributed by atoms with Crippen LogP contribution in [0.15, 0.2) is 171 Å². The normalized spacial score (nSPS) is 10.4. The van der Waals surface area contributed by atoms with Crippen LogP contribution in [-0.4, -0.2) is 96.5 Å². The van der Waals surface area contributed by atoms with E-state index in [9.17, 15) is 27.2 Å². The van der Waals surface area contributed by atoms with Crippen LogP contribution in [0, 0.1) is 34.6 Å². The van der Waals surface area contributed by atoms with Crippen molar-refractivity contribution >= 4 is 11.8 Å². The highest BCUT2D eigenvalue weighted by molar-refractivity contribution is 5.91. The molecule has 1 N–H and O–H groups in total. The molecule has 12 aromatic rings. The average molecular weight is 1120 g/mol. The molecule has 0 aliphatic carbocycles. The van der Waals surface area contributed by atoms with Crippen LogP contribution in [0.1, 0.15) is 71.1 Å². The predicted molar refractivity (Wildman–Crippen MR) is 279 cm³/mol. The van der Waals surface area contributed by atoms with Gasteiger partial charge in [0, 0.05) is 53.4 Å². The molecule has 12 rings (SSSR count). The van der Waals surface area contributed by atoms with Gasteiger partial charge in [0.25, 0.3) is 11.6 Å². The molecule has 0 saturated heterocycles. The molecule has 24 nitrogen and oxygen atoms in total. The highest BCUT2D eigenvalue weighted by atomic mass is 19.1. The van der Waals surface area contributed by atoms with Crippen molar-refractivity contribution in [3.63, 3.8) is 0 Å². The van der Waals surface area contributed by atoms with E-state index in [4.69, 9.17) is 28.5 Å². The van der Waals surface area contributed by atoms with Crippen molar-refractivity contribution < 1.29 is 50.3 Å². The standard InChI is InChI=1S/C14H11FN4O2.C13H8FN5O.C13H9FN4O3.C12H9FN4O.2CH4/c1-9(20)14-16-13(12-6-7-21-18-12)17-19(14)8-10-4-2-3-5-11(10)15;14-10-4-2-1-3-9(10)8-19-13(11-5-6-20-18-11)16-12(7-15)17-19;14-9-4-2-1-3-8(9)7-18-12(10-5-6-21-17-10)15-11(16-18)13(19)20;13-10-4-2-1-3-9(10)7-17-8-14-12(15-17)11-5-6-18-16-11;;/h2-7H,8H2,1H3;1-6H,8H2;1-6H,7H2,(H,19,20);1-6,8H,7H2;2*1H4. The number of carbonyl (C=O) groups is 2. The fourth-order valence-electron chi connectivity index (χ4n) is 7.21. The van der Waals surface area contributed by atoms with Crippen molar-refractivity contribution in [2.24, 2.45) is 0 Å². The molecule has 0 bridgehead atoms. The summed E-state index contributed by atoms with van der Waals surface area (Å²) in [7, 11) is 0. The number of ketones is 1. The van der Waals surface area contributed by atoms with Gasteiger partial charge in [0.1, 0.15) is 60.7 Å². The first kappa shape index (κ1) is 58.3. The molecule has 4 aromatic carbocycles. The van der Waals surface area contributed by atoms with Crippen LogP contribution in [0.4, 0.5) is 17.6 Å². The van der Waals surface area contributed by atoms with E-state index >= 15 is 0 Å². The van der Waals surface area contributed by atoms with E-state index in [-0.39, 0.29) is 86.8 Å². The first-order valence-corrected chi connectivity index (χ1v) is 23.4. The van der Waals surface area contributed by atoms with E-state index in [1.807, 2.05) is 6.07 Å². The number of rotatable bonds is 14. The van der Waals surface area contributed by atoms with Gasteiger partial charge < -0.3 is 23.2 Å². The minimum Gasteiger partial charge on any atom is -0.475 e. The minimum atomic E-state index is -1.27. The number of carboxylic acids is 1. The zero-order chi connectivity index (χ0) is 56.0. The minimum absolute atomic E-state index is 0. The molecule has 0 saturated carbocycles. The van der Waals surface area contributed by atoms with Gasteiger partial charge in [-0.15, -0.1) is 20.4 Å². The summed E-state index contributed by atoms with van der Waals surface area (Å²) < 4.78 is 79.1. The van der Waals surface area contributed by atoms with E-state index in [1.54, 1.807) is 95.7 Å². The van der Waals surface area contributed by atoms with Gasteiger partial charge in [0.15, 0.2) is 46.0 Å². The third-order valence-electron chi connectivity index (χ3n) is 10.9. The largest absolute Gasteiger partial charge is 0.475 e. The van der Waals surface area contributed by atoms with E-state index in [1.165, 1.54) is 82.7 Å². The number of nitriles is 1. The first-order chi connectivity index (χ1) is 38.9. The van der Waals surface area contributed by atoms with E-state index in [0.29, 0.717) is 63.2 Å². The molecule has 0 radical (unpaired) electrons. The van der Waals surface area contributed by atoms with Crippen LogP contribution >= 0.6 is 0 Å². The fourth-order valence-corrected chi connectivity index (χ4v) is 7.21. The lowest BCUT2D eigenvalue weighted by Crippen LogP contribution is -2.11. The molecule has 416 valence electrons. The van der Waals surface area contributed by atoms with E-state index in [0.717, 1.165) is 0 Å². The van der Waals surface area contributed by atoms with Crippen LogP contribution in [0.5, 0.6) is 0 Å². The number of hydrogen-bond acceptors (Lipinski definition) is 19. The van der Waals surface area contributed by atoms with Crippen LogP contribution in [0.3, 0.4) is 0 Å². The number of Topliss-reactive ketones (excluding diaryl/α,β-unsaturated/α-hetero) is 1. The second kappa shape index (κ2) is 27.3. The maximum Gasteiger partial charge on any atom is 0.375 e. The molecule has 0 amide bonds. The quantitative estimate of drug-likeness (QED) is 0.0782. The lowest BCUT2D eigenvalue weighted by molar-refractivity contribution is 0.0683. The summed E-state index contributed by atoms with van der Waals surface area (Å²) in [5.41, 5.74) is 3.55. The zero-order valence-electron chi connectivity index (χ0n) is 41.3. The summed E-state index contributed by atoms with van der Waals surface area (Å²) in [6.07, 6.45) is 7.10. The topological polar surface area (TPSA) is 305 Å². The molecule has 0 aliphatic rings. The number of halogens is 4. The van der Waals surface area contributed by atoms with Crippen molar-refractivity contribution in [3.05, 3.63) is 216 Å². The molecular weight excluding hydrogens is 1070 g/mol. The number of aromatic carboxylic acids is 1. The van der Waals surface area contributed by atoms with Crippen LogP contribution in [0.25, 0.3) is 46.1 Å². The SMILES string of the molecule is C.C.CC(=O)c1nc(-c2ccon2)nn1Cc1ccccc1F.Fc1ccccc1Cn1cnc(-c2ccon2)n1.N#Cc1nc(-c2ccon2)n(Cc2ccccc2F)n1.O=C(O)c1nc(-c2ccon2)n(Cc2ccccc2F)n1. The molecule has 0 atom stereocenters. The second-order valence-electron chi connectivity index (χ2n) is 16.4. The van der Waals surface area contributed by atoms with Crippen molar-refractivity contribution in [3.8, 4) is 52.1 Å². The lowest BCUT2D eigenvalue weighted by atomic mass is 10.2. The Balaban J connectivity index is 0.000000156. The molecule has 0 unspecified atom stereocenters. The predicted octanol–water partition coefficient (Wildman–Crippen LogP) is 9.53. The van der Waals surface area contributed by atoms with Gasteiger partial charge >= 0.3 is 5.97 Å². The molecule has 28 heteroatoms. The summed E-state index contributed by atoms with van der Waals surface area (Å²) >= 11 is 0. The molecular formula is C54H45F4N17O7. The Bertz CT molecular complexity index is 4020. The summed E-state index contributed by atoms with van der Waals surface area (Å²) in [4.78, 5) is 38.8. The fraction of sp³-hybridized carbons (Fsp3) is 0.130. The van der Waals surface area contributed by atoms with Crippen LogP contribution < -0.4 is 0 Å². The number of carbonyl (C=O) groups excluding carboxylic acids is 1. The second-order valence-corrected chi connectivity index (χ2v) is 16.4. The monoisotopic (exact) mass is 1120 g/mol. The molecule has 82 heavy (non-hydrogen) atoms. The smallest absolute Gasteiger partial charge is 0.375 e. The lowest BCUT2D eigenvalue weighted by Gasteiger charge is -2.05. The number of hydrogen-bond donors (Lipinski definition) is 1. The number of benzene rings is 4. The Morgan fingerprint density at radius 3 is 1.35 bits per heavy atom. The highest BCUT2D eigenvalue weighted by Gasteiger charge is 2.21. The van der Waals surface area contributed by atoms with Crippen LogP contribution in [0.2, 0.25) is 0 Å². The van der Waals surface area contributed by atoms with Crippen LogP contribution in [-0.2, 0) is 26.2 Å². The summed E-state index contributed by atoms with van der Waals surface area (Å²) in [6.45, 7) is 2.02. The van der Waals surface area contributed by atoms with E-state index < -0.39 is 11.8 Å². The highest BCUT2D eigenvalue weighted by Crippen LogP contribution is 2.21.